The Balaban J connectivity index is 1.36. The maximum atomic E-state index is 13.0. The van der Waals surface area contributed by atoms with Crippen LogP contribution < -0.4 is 10.6 Å². The van der Waals surface area contributed by atoms with Gasteiger partial charge < -0.3 is 15.4 Å². The van der Waals surface area contributed by atoms with Gasteiger partial charge in [0.25, 0.3) is 0 Å². The molecule has 7 nitrogen and oxygen atoms in total. The minimum atomic E-state index is -0.470. The Kier molecular flexibility index (Phi) is 10.4. The molecule has 35 heavy (non-hydrogen) atoms. The minimum absolute atomic E-state index is 0.0287. The Bertz CT molecular complexity index is 1060. The Morgan fingerprint density at radius 1 is 0.943 bits per heavy atom. The third-order valence-corrected chi connectivity index (χ3v) is 6.36. The fourth-order valence-electron chi connectivity index (χ4n) is 3.67. The molecule has 0 spiro atoms. The van der Waals surface area contributed by atoms with E-state index in [1.807, 2.05) is 67.6 Å². The largest absolute Gasteiger partial charge is 0.445 e. The molecule has 8 heteroatoms. The number of benzene rings is 2. The van der Waals surface area contributed by atoms with Crippen molar-refractivity contribution < 1.29 is 19.1 Å². The Labute approximate surface area is 209 Å². The second-order valence-corrected chi connectivity index (χ2v) is 9.28. The van der Waals surface area contributed by atoms with Gasteiger partial charge in [0.1, 0.15) is 6.61 Å². The number of amides is 2. The van der Waals surface area contributed by atoms with Crippen LogP contribution in [0.5, 0.6) is 0 Å². The molecule has 0 fully saturated rings. The fraction of sp³-hybridized carbons (Fsp3) is 0.333. The number of aromatic nitrogens is 1. The van der Waals surface area contributed by atoms with Crippen molar-refractivity contribution in [3.8, 4) is 0 Å². The van der Waals surface area contributed by atoms with E-state index in [0.717, 1.165) is 11.1 Å². The van der Waals surface area contributed by atoms with Crippen molar-refractivity contribution >= 4 is 29.1 Å². The van der Waals surface area contributed by atoms with Gasteiger partial charge in [0.2, 0.25) is 5.91 Å². The molecule has 0 aliphatic rings. The lowest BCUT2D eigenvalue weighted by Crippen LogP contribution is -2.30. The summed E-state index contributed by atoms with van der Waals surface area (Å²) in [6, 6.07) is 19.1. The van der Waals surface area contributed by atoms with Gasteiger partial charge in [-0.2, -0.15) is 0 Å². The molecule has 0 bridgehead atoms. The quantitative estimate of drug-likeness (QED) is 0.328. The van der Waals surface area contributed by atoms with Crippen LogP contribution in [0.1, 0.15) is 53.0 Å². The summed E-state index contributed by atoms with van der Waals surface area (Å²) >= 11 is 1.33. The van der Waals surface area contributed by atoms with Crippen molar-refractivity contribution in [2.45, 2.75) is 38.7 Å². The van der Waals surface area contributed by atoms with Gasteiger partial charge in [0.05, 0.1) is 5.92 Å². The van der Waals surface area contributed by atoms with Gasteiger partial charge in [0, 0.05) is 31.1 Å². The number of hydrogen-bond acceptors (Lipinski definition) is 6. The number of Topliss-reactive ketones (excluding diaryl/α,β-unsaturated/α-hetero) is 1. The first kappa shape index (κ1) is 26.1. The summed E-state index contributed by atoms with van der Waals surface area (Å²) in [6.45, 7) is 3.02. The monoisotopic (exact) mass is 493 g/mol. The van der Waals surface area contributed by atoms with Gasteiger partial charge in [-0.05, 0) is 29.9 Å². The highest BCUT2D eigenvalue weighted by Gasteiger charge is 2.24. The normalized spacial score (nSPS) is 12.4. The zero-order chi connectivity index (χ0) is 24.9. The maximum absolute atomic E-state index is 13.0. The molecule has 2 unspecified atom stereocenters. The molecule has 0 aliphatic carbocycles. The molecule has 2 atom stereocenters. The third kappa shape index (κ3) is 8.98. The SMILES string of the molecule is CC(CCNC(=O)OCc1ccccc1)CC(=O)NCCC(C(=O)c1nccs1)c1ccccc1. The van der Waals surface area contributed by atoms with Crippen LogP contribution in [-0.4, -0.2) is 35.9 Å². The van der Waals surface area contributed by atoms with Crippen LogP contribution in [0.2, 0.25) is 0 Å². The molecular formula is C27H31N3O4S. The van der Waals surface area contributed by atoms with E-state index in [2.05, 4.69) is 15.6 Å². The highest BCUT2D eigenvalue weighted by Crippen LogP contribution is 2.25. The molecule has 184 valence electrons. The lowest BCUT2D eigenvalue weighted by Gasteiger charge is -2.16. The van der Waals surface area contributed by atoms with Crippen molar-refractivity contribution in [1.82, 2.24) is 15.6 Å². The fourth-order valence-corrected chi connectivity index (χ4v) is 4.30. The second-order valence-electron chi connectivity index (χ2n) is 8.39. The average Bonchev–Trinajstić information content (AvgIpc) is 3.41. The highest BCUT2D eigenvalue weighted by molar-refractivity contribution is 7.11. The van der Waals surface area contributed by atoms with Crippen molar-refractivity contribution in [1.29, 1.82) is 0 Å². The number of carbonyl (C=O) groups is 3. The van der Waals surface area contributed by atoms with Gasteiger partial charge in [-0.25, -0.2) is 9.78 Å². The standard InChI is InChI=1S/C27H31N3O4S/c1-20(12-14-30-27(33)34-19-21-8-4-2-5-9-21)18-24(31)28-15-13-23(22-10-6-3-7-11-22)25(32)26-29-16-17-35-26/h2-11,16-17,20,23H,12-15,18-19H2,1H3,(H,28,31)(H,30,33). The number of carbonyl (C=O) groups excluding carboxylic acids is 3. The van der Waals surface area contributed by atoms with E-state index in [-0.39, 0.29) is 30.1 Å². The summed E-state index contributed by atoms with van der Waals surface area (Å²) in [5.41, 5.74) is 1.84. The van der Waals surface area contributed by atoms with E-state index in [4.69, 9.17) is 4.74 Å². The lowest BCUT2D eigenvalue weighted by atomic mass is 9.91. The number of nitrogens with one attached hydrogen (secondary N) is 2. The van der Waals surface area contributed by atoms with Crippen LogP contribution in [0.25, 0.3) is 0 Å². The highest BCUT2D eigenvalue weighted by atomic mass is 32.1. The van der Waals surface area contributed by atoms with Crippen LogP contribution in [0, 0.1) is 5.92 Å². The molecular weight excluding hydrogens is 462 g/mol. The first-order valence-corrected chi connectivity index (χ1v) is 12.6. The van der Waals surface area contributed by atoms with Gasteiger partial charge in [-0.1, -0.05) is 67.6 Å². The van der Waals surface area contributed by atoms with E-state index in [9.17, 15) is 14.4 Å². The Morgan fingerprint density at radius 3 is 2.31 bits per heavy atom. The summed E-state index contributed by atoms with van der Waals surface area (Å²) in [5.74, 6) is -0.367. The van der Waals surface area contributed by atoms with Crippen molar-refractivity contribution in [2.75, 3.05) is 13.1 Å². The molecule has 1 aromatic heterocycles. The van der Waals surface area contributed by atoms with E-state index < -0.39 is 6.09 Å². The number of nitrogens with zero attached hydrogens (tertiary/aromatic N) is 1. The Morgan fingerprint density at radius 2 is 1.63 bits per heavy atom. The Hall–Kier alpha value is -3.52. The molecule has 1 heterocycles. The second kappa shape index (κ2) is 14.0. The molecule has 3 rings (SSSR count). The van der Waals surface area contributed by atoms with Crippen LogP contribution >= 0.6 is 11.3 Å². The van der Waals surface area contributed by atoms with Crippen LogP contribution in [0.3, 0.4) is 0 Å². The molecule has 2 aromatic carbocycles. The maximum Gasteiger partial charge on any atom is 0.407 e. The number of thiazole rings is 1. The zero-order valence-electron chi connectivity index (χ0n) is 19.8. The number of rotatable bonds is 13. The number of ether oxygens (including phenoxy) is 1. The lowest BCUT2D eigenvalue weighted by molar-refractivity contribution is -0.121. The van der Waals surface area contributed by atoms with Crippen LogP contribution in [0.4, 0.5) is 4.79 Å². The van der Waals surface area contributed by atoms with Gasteiger partial charge in [0.15, 0.2) is 10.8 Å². The van der Waals surface area contributed by atoms with E-state index in [1.165, 1.54) is 11.3 Å². The number of ketones is 1. The first-order valence-electron chi connectivity index (χ1n) is 11.7. The summed E-state index contributed by atoms with van der Waals surface area (Å²) in [6.07, 6.45) is 2.65. The predicted molar refractivity (Wildman–Crippen MR) is 136 cm³/mol. The molecule has 0 saturated carbocycles. The van der Waals surface area contributed by atoms with E-state index in [1.54, 1.807) is 11.6 Å². The van der Waals surface area contributed by atoms with E-state index >= 15 is 0 Å². The summed E-state index contributed by atoms with van der Waals surface area (Å²) in [7, 11) is 0. The number of alkyl carbamates (subject to hydrolysis) is 1. The minimum Gasteiger partial charge on any atom is -0.445 e. The smallest absolute Gasteiger partial charge is 0.407 e. The topological polar surface area (TPSA) is 97.4 Å². The molecule has 0 aliphatic heterocycles. The summed E-state index contributed by atoms with van der Waals surface area (Å²) < 4.78 is 5.19. The van der Waals surface area contributed by atoms with Crippen molar-refractivity contribution in [2.24, 2.45) is 5.92 Å². The molecule has 0 radical (unpaired) electrons. The van der Waals surface area contributed by atoms with Crippen molar-refractivity contribution in [3.63, 3.8) is 0 Å². The van der Waals surface area contributed by atoms with E-state index in [0.29, 0.717) is 37.4 Å². The van der Waals surface area contributed by atoms with Crippen molar-refractivity contribution in [3.05, 3.63) is 88.4 Å². The molecule has 2 N–H and O–H groups in total. The number of hydrogen-bond donors (Lipinski definition) is 2. The molecule has 2 amide bonds. The first-order chi connectivity index (χ1) is 17.0. The van der Waals surface area contributed by atoms with Gasteiger partial charge in [-0.15, -0.1) is 11.3 Å². The van der Waals surface area contributed by atoms with Crippen LogP contribution in [0.15, 0.2) is 72.2 Å². The van der Waals surface area contributed by atoms with Gasteiger partial charge in [-0.3, -0.25) is 9.59 Å². The molecule has 0 saturated heterocycles. The summed E-state index contributed by atoms with van der Waals surface area (Å²) in [4.78, 5) is 41.4. The third-order valence-electron chi connectivity index (χ3n) is 5.57. The van der Waals surface area contributed by atoms with Crippen LogP contribution in [-0.2, 0) is 16.1 Å². The molecule has 3 aromatic rings. The zero-order valence-corrected chi connectivity index (χ0v) is 20.6. The van der Waals surface area contributed by atoms with Gasteiger partial charge >= 0.3 is 6.09 Å². The summed E-state index contributed by atoms with van der Waals surface area (Å²) in [5, 5.41) is 7.92. The predicted octanol–water partition coefficient (Wildman–Crippen LogP) is 4.96. The average molecular weight is 494 g/mol.